The van der Waals surface area contributed by atoms with Gasteiger partial charge in [-0.25, -0.2) is 0 Å². The van der Waals surface area contributed by atoms with Crippen molar-refractivity contribution >= 4 is 0 Å². The first-order chi connectivity index (χ1) is 9.44. The lowest BCUT2D eigenvalue weighted by Crippen LogP contribution is -2.42. The number of rotatable bonds is 5. The molecule has 2 heterocycles. The number of aromatic nitrogens is 2. The molecule has 1 aromatic heterocycles. The molecule has 1 N–H and O–H groups in total. The summed E-state index contributed by atoms with van der Waals surface area (Å²) in [5.41, 5.74) is -0.313. The van der Waals surface area contributed by atoms with Crippen molar-refractivity contribution in [2.45, 2.75) is 52.3 Å². The van der Waals surface area contributed by atoms with E-state index in [0.29, 0.717) is 24.4 Å². The maximum Gasteiger partial charge on any atom is 0.246 e. The topological polar surface area (TPSA) is 63.4 Å². The number of hydrogen-bond acceptors (Lipinski definition) is 6. The normalized spacial score (nSPS) is 21.6. The highest BCUT2D eigenvalue weighted by Gasteiger charge is 2.31. The zero-order chi connectivity index (χ0) is 14.8. The lowest BCUT2D eigenvalue weighted by molar-refractivity contribution is -0.0450. The van der Waals surface area contributed by atoms with Gasteiger partial charge in [-0.3, -0.25) is 4.90 Å². The van der Waals surface area contributed by atoms with Crippen LogP contribution in [0.3, 0.4) is 0 Å². The molecule has 1 atom stereocenters. The van der Waals surface area contributed by atoms with Gasteiger partial charge in [0.2, 0.25) is 11.7 Å². The number of hydrogen-bond donors (Lipinski definition) is 1. The Bertz CT molecular complexity index is 431. The van der Waals surface area contributed by atoms with Crippen molar-refractivity contribution in [2.24, 2.45) is 0 Å². The number of morpholine rings is 1. The van der Waals surface area contributed by atoms with E-state index >= 15 is 0 Å². The van der Waals surface area contributed by atoms with Gasteiger partial charge in [-0.1, -0.05) is 12.1 Å². The molecule has 1 aliphatic heterocycles. The largest absolute Gasteiger partial charge is 0.367 e. The van der Waals surface area contributed by atoms with E-state index in [4.69, 9.17) is 9.26 Å². The molecule has 2 rings (SSSR count). The minimum Gasteiger partial charge on any atom is -0.367 e. The molecule has 6 heteroatoms. The Morgan fingerprint density at radius 2 is 2.20 bits per heavy atom. The van der Waals surface area contributed by atoms with Crippen LogP contribution in [-0.4, -0.2) is 47.3 Å². The van der Waals surface area contributed by atoms with Crippen molar-refractivity contribution in [2.75, 3.05) is 26.2 Å². The average molecular weight is 282 g/mol. The van der Waals surface area contributed by atoms with E-state index in [1.165, 1.54) is 0 Å². The van der Waals surface area contributed by atoms with Crippen LogP contribution >= 0.6 is 0 Å². The predicted molar refractivity (Wildman–Crippen MR) is 76.4 cm³/mol. The molecule has 1 unspecified atom stereocenters. The van der Waals surface area contributed by atoms with E-state index < -0.39 is 0 Å². The van der Waals surface area contributed by atoms with E-state index in [9.17, 15) is 0 Å². The molecular weight excluding hydrogens is 256 g/mol. The van der Waals surface area contributed by atoms with Gasteiger partial charge in [-0.2, -0.15) is 4.98 Å². The Kier molecular flexibility index (Phi) is 4.78. The first kappa shape index (κ1) is 15.4. The molecule has 0 aliphatic carbocycles. The summed E-state index contributed by atoms with van der Waals surface area (Å²) in [5, 5.41) is 7.44. The monoisotopic (exact) mass is 282 g/mol. The molecule has 1 aliphatic rings. The standard InChI is InChI=1S/C14H26N4O2/c1-6-15-14(4,5)13-16-12(17-20-13)11-9-18(10(2)3)7-8-19-11/h10-11,15H,6-9H2,1-5H3. The zero-order valence-electron chi connectivity index (χ0n) is 13.1. The summed E-state index contributed by atoms with van der Waals surface area (Å²) in [5.74, 6) is 1.26. The van der Waals surface area contributed by atoms with Crippen LogP contribution in [0, 0.1) is 0 Å². The molecule has 1 aromatic rings. The molecular formula is C14H26N4O2. The van der Waals surface area contributed by atoms with Gasteiger partial charge in [0.05, 0.1) is 12.1 Å². The molecule has 20 heavy (non-hydrogen) atoms. The summed E-state index contributed by atoms with van der Waals surface area (Å²) in [6.45, 7) is 13.9. The fraction of sp³-hybridized carbons (Fsp3) is 0.857. The predicted octanol–water partition coefficient (Wildman–Crippen LogP) is 1.70. The lowest BCUT2D eigenvalue weighted by Gasteiger charge is -2.34. The van der Waals surface area contributed by atoms with Crippen molar-refractivity contribution in [3.8, 4) is 0 Å². The maximum atomic E-state index is 5.78. The lowest BCUT2D eigenvalue weighted by atomic mass is 10.1. The molecule has 1 fully saturated rings. The van der Waals surface area contributed by atoms with Crippen molar-refractivity contribution in [3.63, 3.8) is 0 Å². The van der Waals surface area contributed by atoms with Gasteiger partial charge >= 0.3 is 0 Å². The van der Waals surface area contributed by atoms with Crippen LogP contribution in [0.25, 0.3) is 0 Å². The van der Waals surface area contributed by atoms with Crippen LogP contribution in [-0.2, 0) is 10.3 Å². The van der Waals surface area contributed by atoms with Gasteiger partial charge < -0.3 is 14.6 Å². The van der Waals surface area contributed by atoms with Crippen molar-refractivity contribution in [1.29, 1.82) is 0 Å². The van der Waals surface area contributed by atoms with Gasteiger partial charge in [-0.05, 0) is 34.2 Å². The molecule has 0 aromatic carbocycles. The average Bonchev–Trinajstić information content (AvgIpc) is 2.89. The van der Waals surface area contributed by atoms with Crippen molar-refractivity contribution < 1.29 is 9.26 Å². The minimum absolute atomic E-state index is 0.0962. The van der Waals surface area contributed by atoms with Crippen molar-refractivity contribution in [1.82, 2.24) is 20.4 Å². The van der Waals surface area contributed by atoms with Gasteiger partial charge in [-0.15, -0.1) is 0 Å². The van der Waals surface area contributed by atoms with Gasteiger partial charge in [0.1, 0.15) is 6.10 Å². The summed E-state index contributed by atoms with van der Waals surface area (Å²) >= 11 is 0. The highest BCUT2D eigenvalue weighted by atomic mass is 16.5. The molecule has 1 saturated heterocycles. The first-order valence-corrected chi connectivity index (χ1v) is 7.38. The third-order valence-electron chi connectivity index (χ3n) is 3.71. The van der Waals surface area contributed by atoms with Gasteiger partial charge in [0.25, 0.3) is 0 Å². The van der Waals surface area contributed by atoms with Crippen LogP contribution in [0.2, 0.25) is 0 Å². The third-order valence-corrected chi connectivity index (χ3v) is 3.71. The van der Waals surface area contributed by atoms with E-state index in [2.05, 4.69) is 41.1 Å². The fourth-order valence-corrected chi connectivity index (χ4v) is 2.43. The second-order valence-corrected chi connectivity index (χ2v) is 6.06. The highest BCUT2D eigenvalue weighted by Crippen LogP contribution is 2.24. The summed E-state index contributed by atoms with van der Waals surface area (Å²) in [6.07, 6.45) is -0.0962. The number of nitrogens with one attached hydrogen (secondary N) is 1. The summed E-state index contributed by atoms with van der Waals surface area (Å²) in [4.78, 5) is 6.90. The molecule has 0 saturated carbocycles. The number of nitrogens with zero attached hydrogens (tertiary/aromatic N) is 3. The van der Waals surface area contributed by atoms with Gasteiger partial charge in [0.15, 0.2) is 0 Å². The summed E-state index contributed by atoms with van der Waals surface area (Å²) < 4.78 is 11.2. The molecule has 114 valence electrons. The molecule has 0 amide bonds. The quantitative estimate of drug-likeness (QED) is 0.887. The van der Waals surface area contributed by atoms with Crippen LogP contribution in [0.1, 0.15) is 52.4 Å². The van der Waals surface area contributed by atoms with E-state index in [-0.39, 0.29) is 11.6 Å². The minimum atomic E-state index is -0.313. The SMILES string of the molecule is CCNC(C)(C)c1nc(C2CN(C(C)C)CCO2)no1. The molecule has 0 radical (unpaired) electrons. The molecule has 0 bridgehead atoms. The Hall–Kier alpha value is -0.980. The highest BCUT2D eigenvalue weighted by molar-refractivity contribution is 5.02. The van der Waals surface area contributed by atoms with E-state index in [0.717, 1.165) is 19.6 Å². The van der Waals surface area contributed by atoms with Crippen LogP contribution in [0.15, 0.2) is 4.52 Å². The summed E-state index contributed by atoms with van der Waals surface area (Å²) in [6, 6.07) is 0.506. The zero-order valence-corrected chi connectivity index (χ0v) is 13.1. The van der Waals surface area contributed by atoms with Gasteiger partial charge in [0, 0.05) is 19.1 Å². The summed E-state index contributed by atoms with van der Waals surface area (Å²) in [7, 11) is 0. The second-order valence-electron chi connectivity index (χ2n) is 6.06. The van der Waals surface area contributed by atoms with Crippen molar-refractivity contribution in [3.05, 3.63) is 11.7 Å². The number of ether oxygens (including phenoxy) is 1. The van der Waals surface area contributed by atoms with E-state index in [1.807, 2.05) is 13.8 Å². The molecule has 0 spiro atoms. The van der Waals surface area contributed by atoms with Crippen LogP contribution in [0.4, 0.5) is 0 Å². The Labute approximate surface area is 120 Å². The van der Waals surface area contributed by atoms with Crippen LogP contribution in [0.5, 0.6) is 0 Å². The second kappa shape index (κ2) is 6.20. The Balaban J connectivity index is 2.08. The first-order valence-electron chi connectivity index (χ1n) is 7.38. The smallest absolute Gasteiger partial charge is 0.246 e. The van der Waals surface area contributed by atoms with E-state index in [1.54, 1.807) is 0 Å². The Morgan fingerprint density at radius 3 is 2.85 bits per heavy atom. The third kappa shape index (κ3) is 3.37. The maximum absolute atomic E-state index is 5.78. The Morgan fingerprint density at radius 1 is 1.45 bits per heavy atom. The fourth-order valence-electron chi connectivity index (χ4n) is 2.43. The van der Waals surface area contributed by atoms with Crippen LogP contribution < -0.4 is 5.32 Å². The molecule has 6 nitrogen and oxygen atoms in total.